The molecule has 6 nitrogen and oxygen atoms in total. The van der Waals surface area contributed by atoms with Gasteiger partial charge in [-0.05, 0) is 47.9 Å². The quantitative estimate of drug-likeness (QED) is 0.717. The largest absolute Gasteiger partial charge is 0.348 e. The summed E-state index contributed by atoms with van der Waals surface area (Å²) in [4.78, 5) is 27.9. The van der Waals surface area contributed by atoms with Gasteiger partial charge < -0.3 is 10.2 Å². The van der Waals surface area contributed by atoms with Gasteiger partial charge >= 0.3 is 0 Å². The summed E-state index contributed by atoms with van der Waals surface area (Å²) in [6, 6.07) is 8.36. The maximum absolute atomic E-state index is 13.6. The first-order valence-corrected chi connectivity index (χ1v) is 10.6. The van der Waals surface area contributed by atoms with Crippen molar-refractivity contribution in [1.82, 2.24) is 5.32 Å². The molecule has 0 aromatic heterocycles. The van der Waals surface area contributed by atoms with Gasteiger partial charge in [-0.3, -0.25) is 9.59 Å². The summed E-state index contributed by atoms with van der Waals surface area (Å²) in [5.41, 5.74) is 2.29. The van der Waals surface area contributed by atoms with Crippen molar-refractivity contribution in [3.05, 3.63) is 70.9 Å². The van der Waals surface area contributed by atoms with Gasteiger partial charge in [0.25, 0.3) is 5.91 Å². The SMILES string of the molecule is CC1Sc2ccc(C(=O)NCC3=C[N+](C)=NC3)cc2N(Cc2cc(F)cc(F)c2)C1=O. The van der Waals surface area contributed by atoms with Crippen LogP contribution in [0.2, 0.25) is 0 Å². The van der Waals surface area contributed by atoms with Crippen LogP contribution in [0.4, 0.5) is 14.5 Å². The van der Waals surface area contributed by atoms with Gasteiger partial charge in [-0.15, -0.1) is 11.8 Å². The number of hydrogen-bond donors (Lipinski definition) is 1. The Labute approximate surface area is 182 Å². The van der Waals surface area contributed by atoms with Crippen LogP contribution in [0.15, 0.2) is 58.2 Å². The van der Waals surface area contributed by atoms with Gasteiger partial charge in [0.05, 0.1) is 17.5 Å². The van der Waals surface area contributed by atoms with Crippen LogP contribution in [0.3, 0.4) is 0 Å². The molecule has 2 aromatic carbocycles. The second-order valence-corrected chi connectivity index (χ2v) is 8.87. The van der Waals surface area contributed by atoms with Gasteiger partial charge in [0.2, 0.25) is 5.91 Å². The van der Waals surface area contributed by atoms with Gasteiger partial charge in [0.15, 0.2) is 13.2 Å². The molecule has 2 aromatic rings. The number of benzene rings is 2. The lowest BCUT2D eigenvalue weighted by Crippen LogP contribution is -2.39. The highest BCUT2D eigenvalue weighted by atomic mass is 32.2. The molecule has 2 aliphatic heterocycles. The molecule has 1 N–H and O–H groups in total. The number of nitrogens with zero attached hydrogens (tertiary/aromatic N) is 3. The zero-order chi connectivity index (χ0) is 22.1. The summed E-state index contributed by atoms with van der Waals surface area (Å²) in [5, 5.41) is 6.71. The van der Waals surface area contributed by atoms with E-state index in [1.165, 1.54) is 28.8 Å². The third kappa shape index (κ3) is 4.66. The Hall–Kier alpha value is -3.07. The monoisotopic (exact) mass is 443 g/mol. The van der Waals surface area contributed by atoms with Crippen molar-refractivity contribution >= 4 is 29.3 Å². The fourth-order valence-electron chi connectivity index (χ4n) is 3.54. The number of amides is 2. The number of carbonyl (C=O) groups excluding carboxylic acids is 2. The summed E-state index contributed by atoms with van der Waals surface area (Å²) in [6.07, 6.45) is 1.86. The summed E-state index contributed by atoms with van der Waals surface area (Å²) >= 11 is 1.40. The molecule has 0 fully saturated rings. The Kier molecular flexibility index (Phi) is 5.86. The lowest BCUT2D eigenvalue weighted by molar-refractivity contribution is -0.491. The number of nitrogens with one attached hydrogen (secondary N) is 1. The number of carbonyl (C=O) groups is 2. The molecule has 0 aliphatic carbocycles. The van der Waals surface area contributed by atoms with Crippen molar-refractivity contribution in [2.24, 2.45) is 5.11 Å². The Bertz CT molecular complexity index is 1110. The molecule has 0 radical (unpaired) electrons. The molecular weight excluding hydrogens is 422 g/mol. The molecule has 0 spiro atoms. The van der Waals surface area contributed by atoms with Crippen LogP contribution in [0.25, 0.3) is 0 Å². The third-order valence-corrected chi connectivity index (χ3v) is 6.19. The zero-order valence-corrected chi connectivity index (χ0v) is 17.9. The first-order valence-electron chi connectivity index (χ1n) is 9.75. The third-order valence-electron chi connectivity index (χ3n) is 5.03. The number of fused-ring (bicyclic) bond motifs is 1. The van der Waals surface area contributed by atoms with Gasteiger partial charge in [0, 0.05) is 28.6 Å². The Morgan fingerprint density at radius 2 is 2.00 bits per heavy atom. The number of hydrogen-bond acceptors (Lipinski definition) is 4. The minimum atomic E-state index is -0.700. The average Bonchev–Trinajstić information content (AvgIpc) is 3.14. The predicted molar refractivity (Wildman–Crippen MR) is 113 cm³/mol. The summed E-state index contributed by atoms with van der Waals surface area (Å²) in [6.45, 7) is 2.72. The standard InChI is InChI=1S/C22H20F2N4O2S/c1-13-22(30)28(12-14-5-17(23)8-18(24)6-14)19-7-16(3-4-20(19)31-13)21(29)25-9-15-10-26-27(2)11-15/h3-8,11,13H,9-10,12H2,1-2H3/p+1. The molecule has 1 unspecified atom stereocenters. The van der Waals surface area contributed by atoms with Crippen molar-refractivity contribution in [3.8, 4) is 0 Å². The number of rotatable bonds is 5. The molecule has 1 atom stereocenters. The van der Waals surface area contributed by atoms with E-state index in [4.69, 9.17) is 0 Å². The lowest BCUT2D eigenvalue weighted by Gasteiger charge is -2.32. The Balaban J connectivity index is 1.58. The molecular formula is C22H21F2N4O2S+. The topological polar surface area (TPSA) is 64.8 Å². The van der Waals surface area contributed by atoms with Crippen LogP contribution in [-0.2, 0) is 11.3 Å². The molecule has 2 heterocycles. The molecule has 0 bridgehead atoms. The van der Waals surface area contributed by atoms with Crippen molar-refractivity contribution < 1.29 is 23.1 Å². The van der Waals surface area contributed by atoms with Crippen molar-refractivity contribution in [2.75, 3.05) is 25.0 Å². The van der Waals surface area contributed by atoms with Crippen LogP contribution >= 0.6 is 11.8 Å². The highest BCUT2D eigenvalue weighted by Gasteiger charge is 2.31. The second kappa shape index (κ2) is 8.58. The van der Waals surface area contributed by atoms with E-state index in [9.17, 15) is 18.4 Å². The van der Waals surface area contributed by atoms with Gasteiger partial charge in [-0.25, -0.2) is 8.78 Å². The molecule has 0 saturated heterocycles. The number of anilines is 1. The van der Waals surface area contributed by atoms with Crippen molar-refractivity contribution in [1.29, 1.82) is 0 Å². The molecule has 160 valence electrons. The smallest absolute Gasteiger partial charge is 0.251 e. The molecule has 9 heteroatoms. The van der Waals surface area contributed by atoms with Gasteiger partial charge in [0.1, 0.15) is 18.2 Å². The minimum Gasteiger partial charge on any atom is -0.348 e. The normalized spacial score (nSPS) is 17.9. The van der Waals surface area contributed by atoms with E-state index in [0.29, 0.717) is 29.9 Å². The van der Waals surface area contributed by atoms with Crippen molar-refractivity contribution in [3.63, 3.8) is 0 Å². The Morgan fingerprint density at radius 3 is 2.68 bits per heavy atom. The predicted octanol–water partition coefficient (Wildman–Crippen LogP) is 3.71. The van der Waals surface area contributed by atoms with E-state index in [0.717, 1.165) is 16.5 Å². The van der Waals surface area contributed by atoms with Crippen LogP contribution in [-0.4, -0.2) is 41.9 Å². The van der Waals surface area contributed by atoms with Gasteiger partial charge in [-0.1, -0.05) is 4.70 Å². The first kappa shape index (κ1) is 21.2. The average molecular weight is 443 g/mol. The molecule has 2 amide bonds. The summed E-state index contributed by atoms with van der Waals surface area (Å²) < 4.78 is 29.0. The summed E-state index contributed by atoms with van der Waals surface area (Å²) in [5.74, 6) is -1.85. The van der Waals surface area contributed by atoms with E-state index >= 15 is 0 Å². The second-order valence-electron chi connectivity index (χ2n) is 7.49. The van der Waals surface area contributed by atoms with Crippen molar-refractivity contribution in [2.45, 2.75) is 23.6 Å². The van der Waals surface area contributed by atoms with Crippen LogP contribution < -0.4 is 10.2 Å². The number of azo groups is 2. The molecule has 2 aliphatic rings. The van der Waals surface area contributed by atoms with Crippen LogP contribution in [0, 0.1) is 11.6 Å². The summed E-state index contributed by atoms with van der Waals surface area (Å²) in [7, 11) is 1.83. The number of halogens is 2. The fourth-order valence-corrected chi connectivity index (χ4v) is 4.59. The van der Waals surface area contributed by atoms with Gasteiger partial charge in [-0.2, -0.15) is 0 Å². The highest BCUT2D eigenvalue weighted by Crippen LogP contribution is 2.40. The van der Waals surface area contributed by atoms with E-state index in [2.05, 4.69) is 10.4 Å². The van der Waals surface area contributed by atoms with E-state index in [1.54, 1.807) is 29.8 Å². The minimum absolute atomic E-state index is 0.0111. The zero-order valence-electron chi connectivity index (χ0n) is 17.1. The molecule has 31 heavy (non-hydrogen) atoms. The fraction of sp³-hybridized carbons (Fsp3) is 0.273. The number of thioether (sulfide) groups is 1. The highest BCUT2D eigenvalue weighted by molar-refractivity contribution is 8.01. The van der Waals surface area contributed by atoms with E-state index in [1.807, 2.05) is 13.2 Å². The molecule has 4 rings (SSSR count). The van der Waals surface area contributed by atoms with E-state index < -0.39 is 11.6 Å². The first-order chi connectivity index (χ1) is 14.8. The molecule has 0 saturated carbocycles. The van der Waals surface area contributed by atoms with Crippen LogP contribution in [0.1, 0.15) is 22.8 Å². The van der Waals surface area contributed by atoms with Crippen LogP contribution in [0.5, 0.6) is 0 Å². The maximum Gasteiger partial charge on any atom is 0.251 e. The maximum atomic E-state index is 13.6. The Morgan fingerprint density at radius 1 is 1.26 bits per heavy atom. The lowest BCUT2D eigenvalue weighted by atomic mass is 10.1. The van der Waals surface area contributed by atoms with E-state index in [-0.39, 0.29) is 23.6 Å².